The Balaban J connectivity index is 1.23. The molecule has 1 nitrogen and oxygen atoms in total. The molecule has 10 rings (SSSR count). The molecule has 2 aliphatic rings. The number of benzene rings is 8. The second-order valence-electron chi connectivity index (χ2n) is 14.1. The molecule has 0 aliphatic heterocycles. The van der Waals surface area contributed by atoms with E-state index in [0.717, 1.165) is 22.6 Å². The molecule has 2 aliphatic carbocycles. The van der Waals surface area contributed by atoms with Gasteiger partial charge in [0.25, 0.3) is 0 Å². The summed E-state index contributed by atoms with van der Waals surface area (Å²) in [7, 11) is 0. The average molecular weight is 663 g/mol. The number of rotatable bonds is 5. The number of hydrogen-bond donors (Lipinski definition) is 0. The van der Waals surface area contributed by atoms with Gasteiger partial charge in [-0.3, -0.25) is 0 Å². The Morgan fingerprint density at radius 1 is 0.404 bits per heavy atom. The maximum absolute atomic E-state index is 4.42. The van der Waals surface area contributed by atoms with Crippen LogP contribution in [0.3, 0.4) is 0 Å². The first-order chi connectivity index (χ1) is 25.6. The van der Waals surface area contributed by atoms with Gasteiger partial charge in [0.05, 0.1) is 17.2 Å². The third-order valence-electron chi connectivity index (χ3n) is 11.1. The fourth-order valence-corrected chi connectivity index (χ4v) is 8.85. The lowest BCUT2D eigenvalue weighted by molar-refractivity contribution is 0.792. The summed E-state index contributed by atoms with van der Waals surface area (Å²) in [4.78, 5) is 2.45. The number of aryl methyl sites for hydroxylation is 1. The molecule has 0 bridgehead atoms. The van der Waals surface area contributed by atoms with Crippen molar-refractivity contribution < 1.29 is 0 Å². The highest BCUT2D eigenvalue weighted by Crippen LogP contribution is 2.65. The molecule has 0 radical (unpaired) electrons. The van der Waals surface area contributed by atoms with E-state index in [1.807, 2.05) is 0 Å². The van der Waals surface area contributed by atoms with Crippen LogP contribution in [-0.4, -0.2) is 0 Å². The van der Waals surface area contributed by atoms with E-state index >= 15 is 0 Å². The van der Waals surface area contributed by atoms with Gasteiger partial charge in [0.1, 0.15) is 5.56 Å². The molecule has 8 aromatic rings. The van der Waals surface area contributed by atoms with Gasteiger partial charge in [0, 0.05) is 47.1 Å². The Hall–Kier alpha value is -6.57. The Morgan fingerprint density at radius 3 is 1.56 bits per heavy atom. The van der Waals surface area contributed by atoms with Gasteiger partial charge in [-0.15, -0.1) is 0 Å². The molecular formula is C51H36N+. The van der Waals surface area contributed by atoms with E-state index in [2.05, 4.69) is 207 Å². The van der Waals surface area contributed by atoms with Crippen molar-refractivity contribution in [1.29, 1.82) is 0 Å². The van der Waals surface area contributed by atoms with Gasteiger partial charge in [-0.1, -0.05) is 145 Å². The maximum atomic E-state index is 4.42. The Morgan fingerprint density at radius 2 is 0.923 bits per heavy atom. The van der Waals surface area contributed by atoms with E-state index in [0.29, 0.717) is 0 Å². The molecule has 244 valence electrons. The number of fused-ring (bicyclic) bond motifs is 10. The molecule has 0 heterocycles. The first kappa shape index (κ1) is 30.3. The number of hydrogen-bond acceptors (Lipinski definition) is 1. The van der Waals surface area contributed by atoms with Crippen molar-refractivity contribution in [2.45, 2.75) is 12.3 Å². The largest absolute Gasteiger partial charge is 0.310 e. The van der Waals surface area contributed by atoms with Crippen molar-refractivity contribution in [3.8, 4) is 44.5 Å². The first-order valence-corrected chi connectivity index (χ1v) is 18.0. The van der Waals surface area contributed by atoms with Gasteiger partial charge in [0.15, 0.2) is 0 Å². The van der Waals surface area contributed by atoms with Gasteiger partial charge < -0.3 is 4.90 Å². The monoisotopic (exact) mass is 662 g/mol. The van der Waals surface area contributed by atoms with Gasteiger partial charge in [0.2, 0.25) is 0 Å². The van der Waals surface area contributed by atoms with E-state index in [9.17, 15) is 0 Å². The third kappa shape index (κ3) is 4.46. The SMILES string of the molecule is [CH2+]c1ccc2c(c1)C1(c3cc(C)ccc3-2)c2ccccc2-c2c(N(c3ccc(-c4ccccc4)cc3)c3ccc(-c4ccccc4)cc3)cccc21. The molecule has 1 atom stereocenters. The van der Waals surface area contributed by atoms with E-state index in [1.165, 1.54) is 72.3 Å². The molecule has 0 amide bonds. The van der Waals surface area contributed by atoms with Crippen molar-refractivity contribution >= 4 is 17.1 Å². The van der Waals surface area contributed by atoms with Crippen LogP contribution in [0.4, 0.5) is 17.1 Å². The first-order valence-electron chi connectivity index (χ1n) is 18.0. The highest BCUT2D eigenvalue weighted by atomic mass is 15.1. The lowest BCUT2D eigenvalue weighted by Gasteiger charge is -2.31. The van der Waals surface area contributed by atoms with Crippen LogP contribution in [0.15, 0.2) is 188 Å². The summed E-state index contributed by atoms with van der Waals surface area (Å²) in [5.74, 6) is 0. The summed E-state index contributed by atoms with van der Waals surface area (Å²) >= 11 is 0. The maximum Gasteiger partial charge on any atom is 0.127 e. The Kier molecular flexibility index (Phi) is 6.84. The molecule has 8 aromatic carbocycles. The molecule has 52 heavy (non-hydrogen) atoms. The summed E-state index contributed by atoms with van der Waals surface area (Å²) in [6.45, 7) is 6.63. The number of nitrogens with zero attached hydrogens (tertiary/aromatic N) is 1. The normalized spacial score (nSPS) is 14.8. The summed E-state index contributed by atoms with van der Waals surface area (Å²) in [6.07, 6.45) is 0. The van der Waals surface area contributed by atoms with Gasteiger partial charge in [-0.2, -0.15) is 0 Å². The minimum absolute atomic E-state index is 0.452. The third-order valence-corrected chi connectivity index (χ3v) is 11.1. The van der Waals surface area contributed by atoms with Crippen LogP contribution in [0.5, 0.6) is 0 Å². The minimum Gasteiger partial charge on any atom is -0.310 e. The molecule has 0 saturated carbocycles. The zero-order chi connectivity index (χ0) is 34.8. The van der Waals surface area contributed by atoms with Gasteiger partial charge >= 0.3 is 0 Å². The van der Waals surface area contributed by atoms with Crippen molar-refractivity contribution in [3.05, 3.63) is 228 Å². The quantitative estimate of drug-likeness (QED) is 0.166. The molecule has 1 heteroatoms. The highest BCUT2D eigenvalue weighted by Gasteiger charge is 2.54. The van der Waals surface area contributed by atoms with Crippen LogP contribution < -0.4 is 4.90 Å². The second kappa shape index (κ2) is 11.8. The molecular weight excluding hydrogens is 627 g/mol. The van der Waals surface area contributed by atoms with E-state index in [-0.39, 0.29) is 0 Å². The molecule has 0 aromatic heterocycles. The number of anilines is 3. The van der Waals surface area contributed by atoms with Crippen LogP contribution in [0.25, 0.3) is 44.5 Å². The summed E-state index contributed by atoms with van der Waals surface area (Å²) in [6, 6.07) is 69.0. The van der Waals surface area contributed by atoms with Crippen molar-refractivity contribution in [3.63, 3.8) is 0 Å². The fourth-order valence-electron chi connectivity index (χ4n) is 8.85. The Labute approximate surface area is 306 Å². The molecule has 0 saturated heterocycles. The van der Waals surface area contributed by atoms with Crippen LogP contribution in [0, 0.1) is 13.8 Å². The van der Waals surface area contributed by atoms with Crippen LogP contribution in [-0.2, 0) is 5.41 Å². The molecule has 0 fully saturated rings. The topological polar surface area (TPSA) is 3.24 Å². The lowest BCUT2D eigenvalue weighted by atomic mass is 9.70. The van der Waals surface area contributed by atoms with E-state index in [1.54, 1.807) is 0 Å². The minimum atomic E-state index is -0.452. The molecule has 1 unspecified atom stereocenters. The zero-order valence-electron chi connectivity index (χ0n) is 29.1. The second-order valence-corrected chi connectivity index (χ2v) is 14.1. The van der Waals surface area contributed by atoms with Gasteiger partial charge in [-0.05, 0) is 87.3 Å². The fraction of sp³-hybridized carbons (Fsp3) is 0.0392. The Bertz CT molecular complexity index is 2480. The summed E-state index contributed by atoms with van der Waals surface area (Å²) in [5, 5.41) is 0. The molecule has 1 spiro atoms. The standard InChI is InChI=1S/C51H36N/c1-34-20-30-42-43-31-21-35(2)33-48(43)51(47(42)32-34)45-17-10-9-16-44(45)50-46(51)18-11-19-49(50)52(40-26-22-38(23-27-40)36-12-5-3-6-13-36)41-28-24-39(25-29-41)37-14-7-4-8-15-37/h3-33H,1H2,2H3/q+1. The predicted molar refractivity (Wildman–Crippen MR) is 217 cm³/mol. The summed E-state index contributed by atoms with van der Waals surface area (Å²) in [5.41, 5.74) is 20.5. The average Bonchev–Trinajstić information content (AvgIpc) is 3.66. The van der Waals surface area contributed by atoms with Crippen molar-refractivity contribution in [2.24, 2.45) is 0 Å². The smallest absolute Gasteiger partial charge is 0.127 e. The van der Waals surface area contributed by atoms with Gasteiger partial charge in [-0.25, -0.2) is 0 Å². The highest BCUT2D eigenvalue weighted by molar-refractivity contribution is 6.01. The zero-order valence-corrected chi connectivity index (χ0v) is 29.1. The predicted octanol–water partition coefficient (Wildman–Crippen LogP) is 13.3. The molecule has 0 N–H and O–H groups in total. The van der Waals surface area contributed by atoms with E-state index in [4.69, 9.17) is 0 Å². The van der Waals surface area contributed by atoms with Crippen LogP contribution >= 0.6 is 0 Å². The van der Waals surface area contributed by atoms with Crippen LogP contribution in [0.2, 0.25) is 0 Å². The van der Waals surface area contributed by atoms with E-state index < -0.39 is 5.41 Å². The lowest BCUT2D eigenvalue weighted by Crippen LogP contribution is -2.26. The van der Waals surface area contributed by atoms with Crippen molar-refractivity contribution in [1.82, 2.24) is 0 Å². The van der Waals surface area contributed by atoms with Crippen LogP contribution in [0.1, 0.15) is 33.4 Å². The summed E-state index contributed by atoms with van der Waals surface area (Å²) < 4.78 is 0. The van der Waals surface area contributed by atoms with Crippen molar-refractivity contribution in [2.75, 3.05) is 4.90 Å².